The molecule has 0 saturated carbocycles. The average Bonchev–Trinajstić information content (AvgIpc) is 2.72. The standard InChI is InChI=1S/C13H20O4.C10H14O4/c1-9(2)11(14)16-7-13(5,6)8-17-12(15)10(3)4;1-3-9(11)13-7-5-6-8-14-10(12)4-2/h1,3,7-8H2,2,4-6H3;3-4H,1-2,5-8H2. The van der Waals surface area contributed by atoms with Crippen LogP contribution in [0.25, 0.3) is 0 Å². The van der Waals surface area contributed by atoms with Crippen molar-refractivity contribution in [2.45, 2.75) is 40.5 Å². The van der Waals surface area contributed by atoms with Crippen LogP contribution in [0.1, 0.15) is 40.5 Å². The Bertz CT molecular complexity index is 617. The topological polar surface area (TPSA) is 105 Å². The van der Waals surface area contributed by atoms with Crippen LogP contribution in [0.4, 0.5) is 0 Å². The largest absolute Gasteiger partial charge is 0.463 e. The van der Waals surface area contributed by atoms with Gasteiger partial charge in [0.25, 0.3) is 0 Å². The maximum Gasteiger partial charge on any atom is 0.333 e. The summed E-state index contributed by atoms with van der Waals surface area (Å²) in [6.07, 6.45) is 3.53. The van der Waals surface area contributed by atoms with Crippen LogP contribution in [-0.2, 0) is 38.1 Å². The molecule has 0 atom stereocenters. The van der Waals surface area contributed by atoms with Gasteiger partial charge in [-0.2, -0.15) is 0 Å². The summed E-state index contributed by atoms with van der Waals surface area (Å²) in [5.74, 6) is -1.75. The number of hydrogen-bond donors (Lipinski definition) is 0. The van der Waals surface area contributed by atoms with Crippen molar-refractivity contribution in [1.29, 1.82) is 0 Å². The zero-order valence-electron chi connectivity index (χ0n) is 19.0. The zero-order chi connectivity index (χ0) is 24.4. The van der Waals surface area contributed by atoms with Gasteiger partial charge >= 0.3 is 23.9 Å². The van der Waals surface area contributed by atoms with Gasteiger partial charge in [-0.1, -0.05) is 40.2 Å². The first-order chi connectivity index (χ1) is 14.4. The van der Waals surface area contributed by atoms with Crippen LogP contribution in [0.3, 0.4) is 0 Å². The van der Waals surface area contributed by atoms with Gasteiger partial charge in [0, 0.05) is 28.7 Å². The minimum atomic E-state index is -0.440. The third-order valence-electron chi connectivity index (χ3n) is 3.25. The van der Waals surface area contributed by atoms with Crippen molar-refractivity contribution in [3.63, 3.8) is 0 Å². The highest BCUT2D eigenvalue weighted by Gasteiger charge is 2.23. The SMILES string of the molecule is C=C(C)C(=O)OCC(C)(C)COC(=O)C(=C)C.C=CC(=O)OCCCCOC(=O)C=C. The molecule has 0 N–H and O–H groups in total. The number of rotatable bonds is 13. The Hall–Kier alpha value is -3.16. The lowest BCUT2D eigenvalue weighted by Crippen LogP contribution is -2.28. The van der Waals surface area contributed by atoms with Crippen LogP contribution in [0, 0.1) is 5.41 Å². The Labute approximate surface area is 184 Å². The minimum absolute atomic E-state index is 0.169. The molecule has 8 heteroatoms. The Morgan fingerprint density at radius 2 is 1.03 bits per heavy atom. The van der Waals surface area contributed by atoms with E-state index in [0.29, 0.717) is 37.2 Å². The van der Waals surface area contributed by atoms with E-state index in [2.05, 4.69) is 26.3 Å². The maximum absolute atomic E-state index is 11.2. The summed E-state index contributed by atoms with van der Waals surface area (Å²) in [5.41, 5.74) is 0.260. The van der Waals surface area contributed by atoms with E-state index in [0.717, 1.165) is 12.2 Å². The monoisotopic (exact) mass is 438 g/mol. The van der Waals surface area contributed by atoms with Crippen LogP contribution in [-0.4, -0.2) is 50.3 Å². The second-order valence-corrected chi connectivity index (χ2v) is 7.33. The third-order valence-corrected chi connectivity index (χ3v) is 3.25. The molecule has 0 aliphatic heterocycles. The average molecular weight is 439 g/mol. The van der Waals surface area contributed by atoms with Crippen LogP contribution >= 0.6 is 0 Å². The molecule has 0 amide bonds. The smallest absolute Gasteiger partial charge is 0.333 e. The first kappa shape index (κ1) is 30.0. The van der Waals surface area contributed by atoms with Crippen LogP contribution in [0.2, 0.25) is 0 Å². The Morgan fingerprint density at radius 3 is 1.29 bits per heavy atom. The molecule has 8 nitrogen and oxygen atoms in total. The number of hydrogen-bond acceptors (Lipinski definition) is 8. The number of unbranched alkanes of at least 4 members (excludes halogenated alkanes) is 1. The van der Waals surface area contributed by atoms with Crippen LogP contribution < -0.4 is 0 Å². The summed E-state index contributed by atoms with van der Waals surface area (Å²) in [7, 11) is 0. The normalized spacial score (nSPS) is 9.81. The highest BCUT2D eigenvalue weighted by molar-refractivity contribution is 5.87. The molecule has 0 unspecified atom stereocenters. The predicted octanol–water partition coefficient (Wildman–Crippen LogP) is 3.48. The van der Waals surface area contributed by atoms with Gasteiger partial charge in [-0.25, -0.2) is 19.2 Å². The Morgan fingerprint density at radius 1 is 0.710 bits per heavy atom. The van der Waals surface area contributed by atoms with Gasteiger partial charge in [0.1, 0.15) is 0 Å². The fraction of sp³-hybridized carbons (Fsp3) is 0.478. The molecular weight excluding hydrogens is 404 g/mol. The van der Waals surface area contributed by atoms with E-state index < -0.39 is 29.3 Å². The summed E-state index contributed by atoms with van der Waals surface area (Å²) in [6, 6.07) is 0. The maximum atomic E-state index is 11.2. The molecule has 0 aliphatic rings. The molecule has 31 heavy (non-hydrogen) atoms. The molecule has 0 fully saturated rings. The summed E-state index contributed by atoms with van der Waals surface area (Å²) < 4.78 is 19.4. The first-order valence-electron chi connectivity index (χ1n) is 9.60. The fourth-order valence-electron chi connectivity index (χ4n) is 1.48. The van der Waals surface area contributed by atoms with Gasteiger partial charge in [-0.15, -0.1) is 0 Å². The van der Waals surface area contributed by atoms with E-state index in [4.69, 9.17) is 18.9 Å². The van der Waals surface area contributed by atoms with E-state index in [1.165, 1.54) is 0 Å². The lowest BCUT2D eigenvalue weighted by atomic mass is 9.96. The van der Waals surface area contributed by atoms with Crippen molar-refractivity contribution >= 4 is 23.9 Å². The third kappa shape index (κ3) is 18.6. The Balaban J connectivity index is 0. The molecule has 0 aromatic heterocycles. The second kappa shape index (κ2) is 16.6. The summed E-state index contributed by atoms with van der Waals surface area (Å²) in [5, 5.41) is 0. The molecule has 0 saturated heterocycles. The van der Waals surface area contributed by atoms with E-state index in [-0.39, 0.29) is 13.2 Å². The van der Waals surface area contributed by atoms with E-state index in [9.17, 15) is 19.2 Å². The van der Waals surface area contributed by atoms with E-state index in [1.54, 1.807) is 13.8 Å². The van der Waals surface area contributed by atoms with Gasteiger partial charge in [0.05, 0.1) is 26.4 Å². The molecule has 0 spiro atoms. The van der Waals surface area contributed by atoms with Gasteiger partial charge in [0.15, 0.2) is 0 Å². The second-order valence-electron chi connectivity index (χ2n) is 7.33. The van der Waals surface area contributed by atoms with Crippen molar-refractivity contribution in [1.82, 2.24) is 0 Å². The van der Waals surface area contributed by atoms with E-state index >= 15 is 0 Å². The van der Waals surface area contributed by atoms with Crippen molar-refractivity contribution in [2.75, 3.05) is 26.4 Å². The Kier molecular flexibility index (Phi) is 16.1. The summed E-state index contributed by atoms with van der Waals surface area (Å²) in [6.45, 7) is 21.3. The quantitative estimate of drug-likeness (QED) is 0.186. The highest BCUT2D eigenvalue weighted by atomic mass is 16.6. The molecule has 174 valence electrons. The zero-order valence-corrected chi connectivity index (χ0v) is 19.0. The van der Waals surface area contributed by atoms with Crippen molar-refractivity contribution < 1.29 is 38.1 Å². The van der Waals surface area contributed by atoms with Crippen molar-refractivity contribution in [2.24, 2.45) is 5.41 Å². The first-order valence-corrected chi connectivity index (χ1v) is 9.60. The van der Waals surface area contributed by atoms with Gasteiger partial charge in [0.2, 0.25) is 0 Å². The molecule has 0 radical (unpaired) electrons. The van der Waals surface area contributed by atoms with E-state index in [1.807, 2.05) is 13.8 Å². The van der Waals surface area contributed by atoms with Gasteiger partial charge < -0.3 is 18.9 Å². The van der Waals surface area contributed by atoms with Gasteiger partial charge in [-0.05, 0) is 26.7 Å². The lowest BCUT2D eigenvalue weighted by molar-refractivity contribution is -0.147. The molecular formula is C23H34O8. The predicted molar refractivity (Wildman–Crippen MR) is 117 cm³/mol. The van der Waals surface area contributed by atoms with Crippen molar-refractivity contribution in [3.05, 3.63) is 49.6 Å². The molecule has 0 aliphatic carbocycles. The summed E-state index contributed by atoms with van der Waals surface area (Å²) in [4.78, 5) is 43.5. The molecule has 0 aromatic carbocycles. The fourth-order valence-corrected chi connectivity index (χ4v) is 1.48. The van der Waals surface area contributed by atoms with Crippen LogP contribution in [0.15, 0.2) is 49.6 Å². The van der Waals surface area contributed by atoms with Crippen LogP contribution in [0.5, 0.6) is 0 Å². The summed E-state index contributed by atoms with van der Waals surface area (Å²) >= 11 is 0. The molecule has 0 heterocycles. The number of carbonyl (C=O) groups excluding carboxylic acids is 4. The molecule has 0 bridgehead atoms. The van der Waals surface area contributed by atoms with Crippen molar-refractivity contribution in [3.8, 4) is 0 Å². The number of carbonyl (C=O) groups is 4. The highest BCUT2D eigenvalue weighted by Crippen LogP contribution is 2.17. The minimum Gasteiger partial charge on any atom is -0.463 e. The van der Waals surface area contributed by atoms with Gasteiger partial charge in [-0.3, -0.25) is 0 Å². The number of esters is 4. The molecule has 0 aromatic rings. The number of ether oxygens (including phenoxy) is 4. The molecule has 0 rings (SSSR count). The lowest BCUT2D eigenvalue weighted by Gasteiger charge is -2.23.